The smallest absolute Gasteiger partial charge is 0.263 e. The Labute approximate surface area is 170 Å². The van der Waals surface area contributed by atoms with Gasteiger partial charge in [0.15, 0.2) is 11.5 Å². The van der Waals surface area contributed by atoms with Crippen molar-refractivity contribution in [2.24, 2.45) is 0 Å². The third-order valence-corrected chi connectivity index (χ3v) is 5.07. The van der Waals surface area contributed by atoms with Crippen LogP contribution in [-0.4, -0.2) is 24.3 Å². The summed E-state index contributed by atoms with van der Waals surface area (Å²) >= 11 is 0. The lowest BCUT2D eigenvalue weighted by Crippen LogP contribution is -2.21. The molecule has 0 aliphatic carbocycles. The van der Waals surface area contributed by atoms with Crippen LogP contribution < -0.4 is 10.9 Å². The second kappa shape index (κ2) is 7.07. The molecule has 8 heteroatoms. The van der Waals surface area contributed by atoms with Gasteiger partial charge in [0, 0.05) is 11.7 Å². The van der Waals surface area contributed by atoms with E-state index in [-0.39, 0.29) is 11.6 Å². The van der Waals surface area contributed by atoms with E-state index in [0.717, 1.165) is 11.1 Å². The lowest BCUT2D eigenvalue weighted by molar-refractivity contribution is 0.628. The van der Waals surface area contributed by atoms with E-state index in [1.165, 1.54) is 18.5 Å². The van der Waals surface area contributed by atoms with Gasteiger partial charge in [0.25, 0.3) is 5.56 Å². The van der Waals surface area contributed by atoms with Crippen molar-refractivity contribution in [2.75, 3.05) is 5.32 Å². The number of nitrogens with one attached hydrogen (secondary N) is 2. The third-order valence-electron chi connectivity index (χ3n) is 5.07. The fraction of sp³-hybridized carbons (Fsp3) is 0.0909. The molecule has 0 bridgehead atoms. The molecular formula is C22H17FN6O. The van der Waals surface area contributed by atoms with Gasteiger partial charge < -0.3 is 10.3 Å². The Bertz CT molecular complexity index is 1440. The van der Waals surface area contributed by atoms with E-state index >= 15 is 0 Å². The zero-order valence-electron chi connectivity index (χ0n) is 16.0. The highest BCUT2D eigenvalue weighted by molar-refractivity contribution is 5.82. The van der Waals surface area contributed by atoms with Crippen molar-refractivity contribution in [3.63, 3.8) is 0 Å². The van der Waals surface area contributed by atoms with Gasteiger partial charge in [0.05, 0.1) is 17.9 Å². The van der Waals surface area contributed by atoms with Gasteiger partial charge in [0.1, 0.15) is 17.7 Å². The van der Waals surface area contributed by atoms with E-state index in [9.17, 15) is 9.18 Å². The van der Waals surface area contributed by atoms with Crippen molar-refractivity contribution < 1.29 is 4.39 Å². The number of benzene rings is 1. The van der Waals surface area contributed by atoms with Gasteiger partial charge in [-0.15, -0.1) is 0 Å². The molecule has 0 radical (unpaired) electrons. The number of nitrogens with zero attached hydrogens (tertiary/aromatic N) is 4. The maximum absolute atomic E-state index is 14.0. The first-order chi connectivity index (χ1) is 14.6. The topological polar surface area (TPSA) is 88.0 Å². The predicted octanol–water partition coefficient (Wildman–Crippen LogP) is 3.95. The number of halogens is 1. The van der Waals surface area contributed by atoms with Crippen LogP contribution in [0, 0.1) is 5.82 Å². The van der Waals surface area contributed by atoms with E-state index in [1.807, 2.05) is 25.1 Å². The van der Waals surface area contributed by atoms with Crippen LogP contribution in [0.15, 0.2) is 72.2 Å². The second-order valence-electron chi connectivity index (χ2n) is 6.98. The van der Waals surface area contributed by atoms with E-state index < -0.39 is 5.82 Å². The molecule has 5 aromatic rings. The third kappa shape index (κ3) is 2.98. The average Bonchev–Trinajstić information content (AvgIpc) is 3.23. The fourth-order valence-electron chi connectivity index (χ4n) is 3.67. The highest BCUT2D eigenvalue weighted by atomic mass is 19.1. The van der Waals surface area contributed by atoms with Gasteiger partial charge in [-0.3, -0.25) is 9.20 Å². The van der Waals surface area contributed by atoms with Crippen LogP contribution in [-0.2, 0) is 0 Å². The highest BCUT2D eigenvalue weighted by Crippen LogP contribution is 2.30. The summed E-state index contributed by atoms with van der Waals surface area (Å²) in [5.74, 6) is 0.176. The zero-order chi connectivity index (χ0) is 20.7. The molecule has 1 aromatic carbocycles. The first-order valence-electron chi connectivity index (χ1n) is 9.42. The molecule has 0 amide bonds. The molecule has 2 N–H and O–H groups in total. The van der Waals surface area contributed by atoms with Crippen molar-refractivity contribution in [3.05, 3.63) is 89.1 Å². The van der Waals surface area contributed by atoms with Crippen LogP contribution in [0.25, 0.3) is 27.8 Å². The molecule has 0 saturated heterocycles. The summed E-state index contributed by atoms with van der Waals surface area (Å²) in [6.07, 6.45) is 4.69. The van der Waals surface area contributed by atoms with Crippen molar-refractivity contribution >= 4 is 22.5 Å². The molecule has 0 spiro atoms. The van der Waals surface area contributed by atoms with Gasteiger partial charge in [0.2, 0.25) is 0 Å². The maximum atomic E-state index is 14.0. The number of hydrogen-bond donors (Lipinski definition) is 2. The van der Waals surface area contributed by atoms with Gasteiger partial charge >= 0.3 is 0 Å². The Morgan fingerprint density at radius 2 is 2.00 bits per heavy atom. The summed E-state index contributed by atoms with van der Waals surface area (Å²) in [6.45, 7) is 1.93. The first-order valence-corrected chi connectivity index (χ1v) is 9.42. The summed E-state index contributed by atoms with van der Waals surface area (Å²) in [5.41, 5.74) is 3.46. The highest BCUT2D eigenvalue weighted by Gasteiger charge is 2.19. The molecule has 0 fully saturated rings. The Morgan fingerprint density at radius 3 is 2.87 bits per heavy atom. The summed E-state index contributed by atoms with van der Waals surface area (Å²) in [7, 11) is 0. The molecule has 0 aliphatic rings. The lowest BCUT2D eigenvalue weighted by Gasteiger charge is -2.20. The van der Waals surface area contributed by atoms with Crippen LogP contribution in [0.3, 0.4) is 0 Å². The van der Waals surface area contributed by atoms with E-state index in [4.69, 9.17) is 0 Å². The van der Waals surface area contributed by atoms with E-state index in [0.29, 0.717) is 28.1 Å². The molecule has 1 atom stereocenters. The largest absolute Gasteiger partial charge is 0.362 e. The van der Waals surface area contributed by atoms with Crippen molar-refractivity contribution in [1.82, 2.24) is 24.3 Å². The molecule has 148 valence electrons. The Balaban J connectivity index is 1.70. The van der Waals surface area contributed by atoms with E-state index in [1.54, 1.807) is 35.1 Å². The molecule has 0 unspecified atom stereocenters. The molecule has 0 saturated carbocycles. The number of aromatic nitrogens is 5. The monoisotopic (exact) mass is 400 g/mol. The Kier molecular flexibility index (Phi) is 4.24. The van der Waals surface area contributed by atoms with Crippen LogP contribution in [0.4, 0.5) is 10.2 Å². The quantitative estimate of drug-likeness (QED) is 0.477. The average molecular weight is 400 g/mol. The minimum atomic E-state index is -0.397. The second-order valence-corrected chi connectivity index (χ2v) is 6.98. The van der Waals surface area contributed by atoms with Crippen LogP contribution in [0.5, 0.6) is 0 Å². The van der Waals surface area contributed by atoms with Gasteiger partial charge in [-0.1, -0.05) is 18.2 Å². The van der Waals surface area contributed by atoms with Crippen LogP contribution in [0.1, 0.15) is 18.5 Å². The number of anilines is 1. The predicted molar refractivity (Wildman–Crippen MR) is 113 cm³/mol. The standard InChI is InChI=1S/C22H17FN6O/c1-13(28-21-19-20(25-11-24-19)26-12-27-21)17-10-16-7-2-3-8-29(16)22(30)18(17)14-5-4-6-15(23)9-14/h2-13H,1H3,(H2,24,25,26,27,28)/t13-/m1/s1. The van der Waals surface area contributed by atoms with E-state index in [2.05, 4.69) is 25.3 Å². The van der Waals surface area contributed by atoms with Crippen molar-refractivity contribution in [1.29, 1.82) is 0 Å². The zero-order valence-corrected chi connectivity index (χ0v) is 16.0. The number of fused-ring (bicyclic) bond motifs is 2. The summed E-state index contributed by atoms with van der Waals surface area (Å²) in [6, 6.07) is 13.2. The summed E-state index contributed by atoms with van der Waals surface area (Å²) in [4.78, 5) is 29.0. The number of rotatable bonds is 4. The maximum Gasteiger partial charge on any atom is 0.263 e. The molecular weight excluding hydrogens is 383 g/mol. The number of pyridine rings is 2. The van der Waals surface area contributed by atoms with Gasteiger partial charge in [-0.2, -0.15) is 0 Å². The normalized spacial score (nSPS) is 12.3. The molecule has 30 heavy (non-hydrogen) atoms. The minimum Gasteiger partial charge on any atom is -0.362 e. The number of aromatic amines is 1. The summed E-state index contributed by atoms with van der Waals surface area (Å²) < 4.78 is 15.5. The lowest BCUT2D eigenvalue weighted by atomic mass is 9.96. The van der Waals surface area contributed by atoms with Gasteiger partial charge in [-0.25, -0.2) is 19.3 Å². The Morgan fingerprint density at radius 1 is 1.10 bits per heavy atom. The minimum absolute atomic E-state index is 0.211. The van der Waals surface area contributed by atoms with Crippen LogP contribution in [0.2, 0.25) is 0 Å². The first kappa shape index (κ1) is 18.0. The number of H-pyrrole nitrogens is 1. The molecule has 5 rings (SSSR count). The molecule has 4 heterocycles. The molecule has 7 nitrogen and oxygen atoms in total. The van der Waals surface area contributed by atoms with Crippen LogP contribution >= 0.6 is 0 Å². The van der Waals surface area contributed by atoms with Gasteiger partial charge in [-0.05, 0) is 48.4 Å². The van der Waals surface area contributed by atoms with Crippen molar-refractivity contribution in [2.45, 2.75) is 13.0 Å². The molecule has 4 aromatic heterocycles. The summed E-state index contributed by atoms with van der Waals surface area (Å²) in [5, 5.41) is 3.34. The number of hydrogen-bond acceptors (Lipinski definition) is 5. The fourth-order valence-corrected chi connectivity index (χ4v) is 3.67. The molecule has 0 aliphatic heterocycles. The Hall–Kier alpha value is -4.07. The van der Waals surface area contributed by atoms with Crippen molar-refractivity contribution in [3.8, 4) is 11.1 Å². The SMILES string of the molecule is C[C@@H](Nc1ncnc2nc[nH]c12)c1cc2ccccn2c(=O)c1-c1cccc(F)c1. The number of imidazole rings is 1.